The second-order valence-corrected chi connectivity index (χ2v) is 7.89. The molecule has 3 aromatic heterocycles. The maximum Gasteiger partial charge on any atom is 0.177 e. The Bertz CT molecular complexity index is 1230. The van der Waals surface area contributed by atoms with Crippen LogP contribution in [-0.4, -0.2) is 38.7 Å². The summed E-state index contributed by atoms with van der Waals surface area (Å²) in [4.78, 5) is 9.06. The molecule has 0 aliphatic carbocycles. The Morgan fingerprint density at radius 2 is 2.09 bits per heavy atom. The Kier molecular flexibility index (Phi) is 5.64. The van der Waals surface area contributed by atoms with E-state index in [4.69, 9.17) is 0 Å². The summed E-state index contributed by atoms with van der Waals surface area (Å²) in [5.74, 6) is 1.53. The molecular formula is C24H24N8. The molecule has 0 bridgehead atoms. The third kappa shape index (κ3) is 4.24. The number of aromatic nitrogens is 4. The monoisotopic (exact) mass is 424 g/mol. The van der Waals surface area contributed by atoms with Gasteiger partial charge in [-0.25, -0.2) is 4.98 Å². The SMILES string of the molecule is N#Cc1cnn2c(NCc3ccc(-c4ccccn4)cc3)cc(N[C@H]3CCCNC3)nc12. The molecule has 4 aromatic rings. The number of rotatable bonds is 6. The molecule has 160 valence electrons. The predicted molar refractivity (Wildman–Crippen MR) is 124 cm³/mol. The van der Waals surface area contributed by atoms with Gasteiger partial charge in [0.25, 0.3) is 0 Å². The van der Waals surface area contributed by atoms with Gasteiger partial charge >= 0.3 is 0 Å². The topological polar surface area (TPSA) is 103 Å². The summed E-state index contributed by atoms with van der Waals surface area (Å²) < 4.78 is 1.69. The van der Waals surface area contributed by atoms with Crippen LogP contribution in [0.3, 0.4) is 0 Å². The molecule has 1 saturated heterocycles. The largest absolute Gasteiger partial charge is 0.366 e. The van der Waals surface area contributed by atoms with Crippen molar-refractivity contribution in [2.24, 2.45) is 0 Å². The van der Waals surface area contributed by atoms with Crippen molar-refractivity contribution in [3.05, 3.63) is 72.1 Å². The van der Waals surface area contributed by atoms with Crippen LogP contribution in [0.4, 0.5) is 11.6 Å². The van der Waals surface area contributed by atoms with Crippen molar-refractivity contribution >= 4 is 17.3 Å². The van der Waals surface area contributed by atoms with E-state index in [0.717, 1.165) is 54.4 Å². The minimum absolute atomic E-state index is 0.319. The molecule has 3 N–H and O–H groups in total. The zero-order valence-electron chi connectivity index (χ0n) is 17.6. The molecule has 0 spiro atoms. The first-order valence-corrected chi connectivity index (χ1v) is 10.8. The highest BCUT2D eigenvalue weighted by molar-refractivity contribution is 5.64. The molecular weight excluding hydrogens is 400 g/mol. The highest BCUT2D eigenvalue weighted by Gasteiger charge is 2.16. The molecule has 4 heterocycles. The first kappa shape index (κ1) is 20.0. The van der Waals surface area contributed by atoms with E-state index < -0.39 is 0 Å². The Labute approximate surface area is 186 Å². The van der Waals surface area contributed by atoms with Gasteiger partial charge in [0.05, 0.1) is 11.9 Å². The first-order valence-electron chi connectivity index (χ1n) is 10.8. The number of hydrogen-bond donors (Lipinski definition) is 3. The number of hydrogen-bond acceptors (Lipinski definition) is 7. The van der Waals surface area contributed by atoms with Gasteiger partial charge in [0.2, 0.25) is 0 Å². The van der Waals surface area contributed by atoms with Gasteiger partial charge in [-0.3, -0.25) is 4.98 Å². The lowest BCUT2D eigenvalue weighted by Gasteiger charge is -2.24. The van der Waals surface area contributed by atoms with E-state index in [9.17, 15) is 5.26 Å². The van der Waals surface area contributed by atoms with Crippen LogP contribution >= 0.6 is 0 Å². The minimum atomic E-state index is 0.319. The molecule has 0 saturated carbocycles. The molecule has 5 rings (SSSR count). The summed E-state index contributed by atoms with van der Waals surface area (Å²) in [6.07, 6.45) is 5.58. The number of pyridine rings is 1. The van der Waals surface area contributed by atoms with Crippen LogP contribution in [0.25, 0.3) is 16.9 Å². The van der Waals surface area contributed by atoms with Crippen LogP contribution in [0.1, 0.15) is 24.0 Å². The third-order valence-corrected chi connectivity index (χ3v) is 5.63. The lowest BCUT2D eigenvalue weighted by molar-refractivity contribution is 0.479. The standard InChI is InChI=1S/C24H24N8/c25-13-19-15-29-32-23(12-22(31-24(19)32)30-20-4-3-10-26-16-20)28-14-17-6-8-18(9-7-17)21-5-1-2-11-27-21/h1-2,5-9,11-12,15,20,26,28H,3-4,10,14,16H2,(H,30,31)/t20-/m0/s1. The lowest BCUT2D eigenvalue weighted by Crippen LogP contribution is -2.38. The minimum Gasteiger partial charge on any atom is -0.366 e. The van der Waals surface area contributed by atoms with Crippen molar-refractivity contribution in [3.63, 3.8) is 0 Å². The number of benzene rings is 1. The average Bonchev–Trinajstić information content (AvgIpc) is 3.27. The van der Waals surface area contributed by atoms with Crippen molar-refractivity contribution in [3.8, 4) is 17.3 Å². The van der Waals surface area contributed by atoms with Crippen molar-refractivity contribution in [2.75, 3.05) is 23.7 Å². The van der Waals surface area contributed by atoms with E-state index in [1.54, 1.807) is 16.9 Å². The van der Waals surface area contributed by atoms with Gasteiger partial charge in [0.15, 0.2) is 5.65 Å². The van der Waals surface area contributed by atoms with Gasteiger partial charge in [-0.05, 0) is 37.1 Å². The Morgan fingerprint density at radius 3 is 2.84 bits per heavy atom. The number of piperidine rings is 1. The second kappa shape index (κ2) is 9.04. The fourth-order valence-corrected chi connectivity index (χ4v) is 3.95. The van der Waals surface area contributed by atoms with Crippen LogP contribution in [0.15, 0.2) is 60.9 Å². The van der Waals surface area contributed by atoms with Crippen LogP contribution in [0.5, 0.6) is 0 Å². The molecule has 0 unspecified atom stereocenters. The highest BCUT2D eigenvalue weighted by atomic mass is 15.3. The molecule has 8 nitrogen and oxygen atoms in total. The fourth-order valence-electron chi connectivity index (χ4n) is 3.95. The van der Waals surface area contributed by atoms with E-state index >= 15 is 0 Å². The molecule has 32 heavy (non-hydrogen) atoms. The van der Waals surface area contributed by atoms with Crippen molar-refractivity contribution in [2.45, 2.75) is 25.4 Å². The van der Waals surface area contributed by atoms with Crippen molar-refractivity contribution in [1.82, 2.24) is 24.9 Å². The predicted octanol–water partition coefficient (Wildman–Crippen LogP) is 3.44. The highest BCUT2D eigenvalue weighted by Crippen LogP contribution is 2.22. The third-order valence-electron chi connectivity index (χ3n) is 5.63. The molecule has 1 aliphatic heterocycles. The summed E-state index contributed by atoms with van der Waals surface area (Å²) in [5, 5.41) is 24.2. The van der Waals surface area contributed by atoms with Gasteiger partial charge in [0.1, 0.15) is 23.3 Å². The normalized spacial score (nSPS) is 15.9. The van der Waals surface area contributed by atoms with E-state index in [0.29, 0.717) is 23.8 Å². The number of nitrogens with one attached hydrogen (secondary N) is 3. The van der Waals surface area contributed by atoms with E-state index in [-0.39, 0.29) is 0 Å². The van der Waals surface area contributed by atoms with Crippen LogP contribution in [-0.2, 0) is 6.54 Å². The average molecular weight is 425 g/mol. The lowest BCUT2D eigenvalue weighted by atomic mass is 10.1. The van der Waals surface area contributed by atoms with Gasteiger partial charge < -0.3 is 16.0 Å². The summed E-state index contributed by atoms with van der Waals surface area (Å²) in [6.45, 7) is 2.58. The van der Waals surface area contributed by atoms with Gasteiger partial charge in [-0.1, -0.05) is 30.3 Å². The quantitative estimate of drug-likeness (QED) is 0.436. The van der Waals surface area contributed by atoms with Crippen LogP contribution in [0, 0.1) is 11.3 Å². The molecule has 0 amide bonds. The maximum atomic E-state index is 9.46. The fraction of sp³-hybridized carbons (Fsp3) is 0.250. The molecule has 8 heteroatoms. The van der Waals surface area contributed by atoms with Crippen molar-refractivity contribution < 1.29 is 0 Å². The molecule has 0 radical (unpaired) electrons. The van der Waals surface area contributed by atoms with E-state index in [1.807, 2.05) is 24.3 Å². The van der Waals surface area contributed by atoms with Gasteiger partial charge in [0, 0.05) is 37.0 Å². The summed E-state index contributed by atoms with van der Waals surface area (Å²) in [7, 11) is 0. The zero-order valence-corrected chi connectivity index (χ0v) is 17.6. The Hall–Kier alpha value is -3.96. The molecule has 1 aromatic carbocycles. The van der Waals surface area contributed by atoms with Crippen LogP contribution in [0.2, 0.25) is 0 Å². The number of nitriles is 1. The number of fused-ring (bicyclic) bond motifs is 1. The molecule has 1 aliphatic rings. The second-order valence-electron chi connectivity index (χ2n) is 7.89. The summed E-state index contributed by atoms with van der Waals surface area (Å²) >= 11 is 0. The van der Waals surface area contributed by atoms with Crippen molar-refractivity contribution in [1.29, 1.82) is 5.26 Å². The van der Waals surface area contributed by atoms with Gasteiger partial charge in [-0.15, -0.1) is 0 Å². The maximum absolute atomic E-state index is 9.46. The van der Waals surface area contributed by atoms with Gasteiger partial charge in [-0.2, -0.15) is 14.9 Å². The Morgan fingerprint density at radius 1 is 1.19 bits per heavy atom. The van der Waals surface area contributed by atoms with Crippen LogP contribution < -0.4 is 16.0 Å². The molecule has 1 atom stereocenters. The summed E-state index contributed by atoms with van der Waals surface area (Å²) in [6, 6.07) is 18.7. The number of nitrogens with zero attached hydrogens (tertiary/aromatic N) is 5. The first-order chi connectivity index (χ1) is 15.8. The summed E-state index contributed by atoms with van der Waals surface area (Å²) in [5.41, 5.74) is 4.18. The van der Waals surface area contributed by atoms with E-state index in [2.05, 4.69) is 61.4 Å². The Balaban J connectivity index is 1.37. The molecule has 1 fully saturated rings. The number of anilines is 2. The van der Waals surface area contributed by atoms with E-state index in [1.165, 1.54) is 0 Å². The zero-order chi connectivity index (χ0) is 21.8. The smallest absolute Gasteiger partial charge is 0.177 e.